The van der Waals surface area contributed by atoms with E-state index in [-0.39, 0.29) is 17.4 Å². The number of carbonyl (C=O) groups excluding carboxylic acids is 1. The number of aromatic amines is 1. The molecule has 1 saturated heterocycles. The SMILES string of the molecule is O=C(CCC1CCCC1)N1CC[C@@H](c2cc(=O)[nH]c(-c3ccncc3)n2)C1. The van der Waals surface area contributed by atoms with Gasteiger partial charge in [0.05, 0.1) is 5.69 Å². The van der Waals surface area contributed by atoms with Crippen LogP contribution in [0.25, 0.3) is 11.4 Å². The lowest BCUT2D eigenvalue weighted by Gasteiger charge is -2.18. The van der Waals surface area contributed by atoms with E-state index in [4.69, 9.17) is 0 Å². The summed E-state index contributed by atoms with van der Waals surface area (Å²) >= 11 is 0. The fourth-order valence-electron chi connectivity index (χ4n) is 4.35. The number of carbonyl (C=O) groups is 1. The molecule has 1 saturated carbocycles. The number of aromatic nitrogens is 3. The van der Waals surface area contributed by atoms with E-state index in [0.717, 1.165) is 36.6 Å². The maximum Gasteiger partial charge on any atom is 0.251 e. The van der Waals surface area contributed by atoms with Gasteiger partial charge < -0.3 is 9.88 Å². The highest BCUT2D eigenvalue weighted by atomic mass is 16.2. The first-order valence-corrected chi connectivity index (χ1v) is 9.98. The highest BCUT2D eigenvalue weighted by Gasteiger charge is 2.29. The summed E-state index contributed by atoms with van der Waals surface area (Å²) in [6.45, 7) is 1.42. The van der Waals surface area contributed by atoms with Crippen LogP contribution in [-0.4, -0.2) is 38.8 Å². The molecule has 27 heavy (non-hydrogen) atoms. The molecule has 142 valence electrons. The van der Waals surface area contributed by atoms with E-state index in [2.05, 4.69) is 15.0 Å². The quantitative estimate of drug-likeness (QED) is 0.882. The molecule has 2 fully saturated rings. The summed E-state index contributed by atoms with van der Waals surface area (Å²) in [5.74, 6) is 1.68. The fraction of sp³-hybridized carbons (Fsp3) is 0.524. The minimum Gasteiger partial charge on any atom is -0.342 e. The van der Waals surface area contributed by atoms with Crippen molar-refractivity contribution in [3.63, 3.8) is 0 Å². The van der Waals surface area contributed by atoms with Crippen LogP contribution in [0.1, 0.15) is 56.6 Å². The molecule has 6 heteroatoms. The zero-order chi connectivity index (χ0) is 18.6. The zero-order valence-electron chi connectivity index (χ0n) is 15.6. The molecule has 0 radical (unpaired) electrons. The second-order valence-corrected chi connectivity index (χ2v) is 7.77. The van der Waals surface area contributed by atoms with Crippen LogP contribution in [-0.2, 0) is 4.79 Å². The van der Waals surface area contributed by atoms with Crippen molar-refractivity contribution in [3.8, 4) is 11.4 Å². The minimum atomic E-state index is -0.155. The Hall–Kier alpha value is -2.50. The predicted molar refractivity (Wildman–Crippen MR) is 103 cm³/mol. The van der Waals surface area contributed by atoms with Crippen molar-refractivity contribution < 1.29 is 4.79 Å². The van der Waals surface area contributed by atoms with Gasteiger partial charge in [-0.15, -0.1) is 0 Å². The van der Waals surface area contributed by atoms with Gasteiger partial charge in [0.2, 0.25) is 5.91 Å². The van der Waals surface area contributed by atoms with Crippen LogP contribution in [0.15, 0.2) is 35.4 Å². The lowest BCUT2D eigenvalue weighted by molar-refractivity contribution is -0.130. The molecule has 0 bridgehead atoms. The molecular weight excluding hydrogens is 340 g/mol. The molecule has 2 aliphatic rings. The first-order chi connectivity index (χ1) is 13.2. The Bertz CT molecular complexity index is 843. The van der Waals surface area contributed by atoms with Crippen LogP contribution in [0.3, 0.4) is 0 Å². The molecule has 4 rings (SSSR count). The summed E-state index contributed by atoms with van der Waals surface area (Å²) in [6, 6.07) is 5.23. The van der Waals surface area contributed by atoms with Crippen LogP contribution in [0.5, 0.6) is 0 Å². The van der Waals surface area contributed by atoms with E-state index in [1.54, 1.807) is 18.5 Å². The second kappa shape index (κ2) is 8.03. The number of likely N-dealkylation sites (tertiary alicyclic amines) is 1. The number of nitrogens with zero attached hydrogens (tertiary/aromatic N) is 3. The highest BCUT2D eigenvalue weighted by Crippen LogP contribution is 2.30. The van der Waals surface area contributed by atoms with Gasteiger partial charge in [-0.1, -0.05) is 25.7 Å². The maximum atomic E-state index is 12.6. The fourth-order valence-corrected chi connectivity index (χ4v) is 4.35. The average Bonchev–Trinajstić information content (AvgIpc) is 3.38. The van der Waals surface area contributed by atoms with E-state index in [1.807, 2.05) is 17.0 Å². The Morgan fingerprint density at radius 3 is 2.74 bits per heavy atom. The number of nitrogens with one attached hydrogen (secondary N) is 1. The Morgan fingerprint density at radius 1 is 1.19 bits per heavy atom. The molecule has 0 unspecified atom stereocenters. The lowest BCUT2D eigenvalue weighted by atomic mass is 10.0. The molecule has 0 aromatic carbocycles. The van der Waals surface area contributed by atoms with Crippen LogP contribution in [0, 0.1) is 5.92 Å². The number of hydrogen-bond acceptors (Lipinski definition) is 4. The predicted octanol–water partition coefficient (Wildman–Crippen LogP) is 3.12. The maximum absolute atomic E-state index is 12.6. The van der Waals surface area contributed by atoms with Gasteiger partial charge in [0, 0.05) is 49.5 Å². The number of H-pyrrole nitrogens is 1. The Kier molecular flexibility index (Phi) is 5.32. The van der Waals surface area contributed by atoms with Crippen molar-refractivity contribution in [3.05, 3.63) is 46.6 Å². The Morgan fingerprint density at radius 2 is 1.96 bits per heavy atom. The van der Waals surface area contributed by atoms with Gasteiger partial charge in [-0.25, -0.2) is 4.98 Å². The largest absolute Gasteiger partial charge is 0.342 e. The smallest absolute Gasteiger partial charge is 0.251 e. The van der Waals surface area contributed by atoms with Crippen molar-refractivity contribution in [1.82, 2.24) is 19.9 Å². The molecule has 1 amide bonds. The summed E-state index contributed by atoms with van der Waals surface area (Å²) in [4.78, 5) is 38.1. The van der Waals surface area contributed by atoms with Crippen molar-refractivity contribution in [2.45, 2.75) is 50.9 Å². The first kappa shape index (κ1) is 17.9. The van der Waals surface area contributed by atoms with Gasteiger partial charge in [-0.2, -0.15) is 0 Å². The normalized spacial score (nSPS) is 20.3. The summed E-state index contributed by atoms with van der Waals surface area (Å²) in [5.41, 5.74) is 1.46. The molecule has 1 aliphatic carbocycles. The van der Waals surface area contributed by atoms with Gasteiger partial charge in [0.15, 0.2) is 0 Å². The Balaban J connectivity index is 1.41. The molecule has 2 aromatic heterocycles. The molecule has 2 aromatic rings. The third-order valence-electron chi connectivity index (χ3n) is 5.92. The van der Waals surface area contributed by atoms with Crippen LogP contribution in [0.4, 0.5) is 0 Å². The van der Waals surface area contributed by atoms with E-state index >= 15 is 0 Å². The van der Waals surface area contributed by atoms with Gasteiger partial charge >= 0.3 is 0 Å². The van der Waals surface area contributed by atoms with Crippen molar-refractivity contribution in [2.75, 3.05) is 13.1 Å². The first-order valence-electron chi connectivity index (χ1n) is 9.98. The number of pyridine rings is 1. The average molecular weight is 366 g/mol. The second-order valence-electron chi connectivity index (χ2n) is 7.77. The van der Waals surface area contributed by atoms with Crippen molar-refractivity contribution >= 4 is 5.91 Å². The Labute approximate surface area is 159 Å². The number of rotatable bonds is 5. The van der Waals surface area contributed by atoms with Crippen LogP contribution in [0.2, 0.25) is 0 Å². The molecule has 1 atom stereocenters. The summed E-state index contributed by atoms with van der Waals surface area (Å²) in [6.07, 6.45) is 11.1. The zero-order valence-corrected chi connectivity index (χ0v) is 15.6. The van der Waals surface area contributed by atoms with E-state index in [0.29, 0.717) is 18.8 Å². The summed E-state index contributed by atoms with van der Waals surface area (Å²) in [7, 11) is 0. The van der Waals surface area contributed by atoms with E-state index in [9.17, 15) is 9.59 Å². The lowest BCUT2D eigenvalue weighted by Crippen LogP contribution is -2.28. The standard InChI is InChI=1S/C21H26N4O2/c26-19-13-18(23-21(24-19)16-7-10-22-11-8-16)17-9-12-25(14-17)20(27)6-5-15-3-1-2-4-15/h7-8,10-11,13,15,17H,1-6,9,12,14H2,(H,23,24,26)/t17-/m1/s1. The van der Waals surface area contributed by atoms with Gasteiger partial charge in [-0.05, 0) is 30.9 Å². The van der Waals surface area contributed by atoms with Gasteiger partial charge in [0.25, 0.3) is 5.56 Å². The summed E-state index contributed by atoms with van der Waals surface area (Å²) < 4.78 is 0. The minimum absolute atomic E-state index is 0.128. The van der Waals surface area contributed by atoms with Gasteiger partial charge in [-0.3, -0.25) is 14.6 Å². The molecule has 3 heterocycles. The third kappa shape index (κ3) is 4.26. The molecular formula is C21H26N4O2. The highest BCUT2D eigenvalue weighted by molar-refractivity contribution is 5.76. The number of amides is 1. The van der Waals surface area contributed by atoms with E-state index in [1.165, 1.54) is 25.7 Å². The van der Waals surface area contributed by atoms with E-state index < -0.39 is 0 Å². The summed E-state index contributed by atoms with van der Waals surface area (Å²) in [5, 5.41) is 0. The molecule has 0 spiro atoms. The molecule has 1 aliphatic heterocycles. The number of hydrogen-bond donors (Lipinski definition) is 1. The monoisotopic (exact) mass is 366 g/mol. The van der Waals surface area contributed by atoms with Crippen molar-refractivity contribution in [2.24, 2.45) is 5.92 Å². The topological polar surface area (TPSA) is 79.0 Å². The van der Waals surface area contributed by atoms with Gasteiger partial charge in [0.1, 0.15) is 5.82 Å². The molecule has 1 N–H and O–H groups in total. The van der Waals surface area contributed by atoms with Crippen LogP contribution < -0.4 is 5.56 Å². The molecule has 6 nitrogen and oxygen atoms in total. The van der Waals surface area contributed by atoms with Crippen molar-refractivity contribution in [1.29, 1.82) is 0 Å². The third-order valence-corrected chi connectivity index (χ3v) is 5.92. The van der Waals surface area contributed by atoms with Crippen LogP contribution >= 0.6 is 0 Å².